The molecule has 6 nitrogen and oxygen atoms in total. The topological polar surface area (TPSA) is 87.9 Å². The Morgan fingerprint density at radius 1 is 1.22 bits per heavy atom. The molecule has 23 heavy (non-hydrogen) atoms. The van der Waals surface area contributed by atoms with Gasteiger partial charge < -0.3 is 10.6 Å². The normalized spacial score (nSPS) is 9.61. The monoisotopic (exact) mass is 359 g/mol. The van der Waals surface area contributed by atoms with E-state index in [2.05, 4.69) is 15.2 Å². The zero-order chi connectivity index (χ0) is 14.9. The Labute approximate surface area is 148 Å². The molecule has 1 aromatic heterocycles. The molecule has 0 saturated carbocycles. The number of aromatic amines is 1. The molecule has 128 valence electrons. The summed E-state index contributed by atoms with van der Waals surface area (Å²) in [6.07, 6.45) is 3.26. The van der Waals surface area contributed by atoms with E-state index in [1.807, 2.05) is 35.2 Å². The Bertz CT molecular complexity index is 536. The maximum Gasteiger partial charge on any atom is 0.223 e. The van der Waals surface area contributed by atoms with Crippen LogP contribution in [0.15, 0.2) is 36.7 Å². The number of carbonyl (C=O) groups excluding carboxylic acids is 1. The minimum absolute atomic E-state index is 0. The van der Waals surface area contributed by atoms with Gasteiger partial charge in [-0.2, -0.15) is 5.10 Å². The van der Waals surface area contributed by atoms with Crippen LogP contribution in [0.2, 0.25) is 0 Å². The molecule has 0 saturated heterocycles. The number of nitrogens with one attached hydrogen (secondary N) is 1. The Morgan fingerprint density at radius 3 is 2.57 bits per heavy atom. The van der Waals surface area contributed by atoms with Crippen LogP contribution in [-0.2, 0) is 17.8 Å². The summed E-state index contributed by atoms with van der Waals surface area (Å²) in [5, 5.41) is 6.56. The lowest BCUT2D eigenvalue weighted by atomic mass is 10.2. The molecular formula is C15H23Cl2N5O. The van der Waals surface area contributed by atoms with Crippen molar-refractivity contribution in [3.8, 4) is 0 Å². The Morgan fingerprint density at radius 2 is 1.96 bits per heavy atom. The first-order valence-corrected chi connectivity index (χ1v) is 7.15. The van der Waals surface area contributed by atoms with Crippen molar-refractivity contribution in [1.29, 1.82) is 0 Å². The van der Waals surface area contributed by atoms with Crippen molar-refractivity contribution < 1.29 is 4.79 Å². The lowest BCUT2D eigenvalue weighted by molar-refractivity contribution is -0.131. The van der Waals surface area contributed by atoms with Crippen molar-refractivity contribution in [2.75, 3.05) is 13.1 Å². The molecule has 1 amide bonds. The van der Waals surface area contributed by atoms with Gasteiger partial charge in [-0.1, -0.05) is 30.3 Å². The molecule has 0 aliphatic heterocycles. The van der Waals surface area contributed by atoms with Crippen LogP contribution in [0.4, 0.5) is 0 Å². The summed E-state index contributed by atoms with van der Waals surface area (Å²) >= 11 is 0. The average molecular weight is 360 g/mol. The lowest BCUT2D eigenvalue weighted by Crippen LogP contribution is -2.32. The largest absolute Gasteiger partial charge is 0.338 e. The maximum absolute atomic E-state index is 12.4. The minimum atomic E-state index is 0. The number of nitrogens with zero attached hydrogens (tertiary/aromatic N) is 3. The van der Waals surface area contributed by atoms with Crippen LogP contribution in [0.25, 0.3) is 0 Å². The summed E-state index contributed by atoms with van der Waals surface area (Å²) in [6, 6.07) is 9.99. The van der Waals surface area contributed by atoms with E-state index in [9.17, 15) is 4.79 Å². The molecule has 0 aliphatic carbocycles. The third-order valence-corrected chi connectivity index (χ3v) is 3.24. The van der Waals surface area contributed by atoms with E-state index in [4.69, 9.17) is 5.73 Å². The van der Waals surface area contributed by atoms with Gasteiger partial charge in [0.15, 0.2) is 0 Å². The van der Waals surface area contributed by atoms with E-state index in [-0.39, 0.29) is 30.7 Å². The summed E-state index contributed by atoms with van der Waals surface area (Å²) in [6.45, 7) is 1.89. The summed E-state index contributed by atoms with van der Waals surface area (Å²) in [7, 11) is 0. The van der Waals surface area contributed by atoms with E-state index < -0.39 is 0 Å². The molecule has 0 aliphatic rings. The predicted octanol–water partition coefficient (Wildman–Crippen LogP) is 1.96. The predicted molar refractivity (Wildman–Crippen MR) is 94.7 cm³/mol. The van der Waals surface area contributed by atoms with E-state index >= 15 is 0 Å². The van der Waals surface area contributed by atoms with Crippen molar-refractivity contribution in [2.24, 2.45) is 5.73 Å². The Kier molecular flexibility index (Phi) is 11.0. The van der Waals surface area contributed by atoms with Gasteiger partial charge in [0, 0.05) is 25.9 Å². The second-order valence-corrected chi connectivity index (χ2v) is 4.88. The summed E-state index contributed by atoms with van der Waals surface area (Å²) in [4.78, 5) is 18.3. The van der Waals surface area contributed by atoms with Gasteiger partial charge in [-0.25, -0.2) is 4.98 Å². The number of aromatic nitrogens is 3. The summed E-state index contributed by atoms with van der Waals surface area (Å²) < 4.78 is 0. The van der Waals surface area contributed by atoms with Crippen LogP contribution in [-0.4, -0.2) is 39.1 Å². The van der Waals surface area contributed by atoms with Gasteiger partial charge >= 0.3 is 0 Å². The lowest BCUT2D eigenvalue weighted by Gasteiger charge is -2.22. The average Bonchev–Trinajstić information content (AvgIpc) is 3.03. The molecule has 0 unspecified atom stereocenters. The number of benzene rings is 1. The Balaban J connectivity index is 0.00000242. The molecule has 0 spiro atoms. The molecule has 1 heterocycles. The van der Waals surface area contributed by atoms with Gasteiger partial charge in [-0.15, -0.1) is 24.8 Å². The second-order valence-electron chi connectivity index (χ2n) is 4.88. The number of carbonyl (C=O) groups is 1. The number of halogens is 2. The van der Waals surface area contributed by atoms with Crippen LogP contribution in [0.1, 0.15) is 24.2 Å². The van der Waals surface area contributed by atoms with E-state index in [1.54, 1.807) is 0 Å². The molecule has 1 aromatic carbocycles. The number of H-pyrrole nitrogens is 1. The zero-order valence-electron chi connectivity index (χ0n) is 12.9. The van der Waals surface area contributed by atoms with Crippen molar-refractivity contribution >= 4 is 30.7 Å². The van der Waals surface area contributed by atoms with Gasteiger partial charge in [-0.3, -0.25) is 9.89 Å². The molecule has 3 N–H and O–H groups in total. The molecular weight excluding hydrogens is 337 g/mol. The first-order valence-electron chi connectivity index (χ1n) is 7.15. The zero-order valence-corrected chi connectivity index (χ0v) is 14.5. The fourth-order valence-electron chi connectivity index (χ4n) is 2.11. The van der Waals surface area contributed by atoms with E-state index in [1.165, 1.54) is 6.33 Å². The second kappa shape index (κ2) is 11.9. The highest BCUT2D eigenvalue weighted by Crippen LogP contribution is 2.08. The fourth-order valence-corrected chi connectivity index (χ4v) is 2.11. The molecule has 2 aromatic rings. The van der Waals surface area contributed by atoms with Gasteiger partial charge in [0.25, 0.3) is 0 Å². The van der Waals surface area contributed by atoms with Crippen LogP contribution in [0.5, 0.6) is 0 Å². The van der Waals surface area contributed by atoms with Crippen LogP contribution in [0, 0.1) is 0 Å². The van der Waals surface area contributed by atoms with Crippen LogP contribution in [0.3, 0.4) is 0 Å². The number of hydrogen-bond acceptors (Lipinski definition) is 4. The minimum Gasteiger partial charge on any atom is -0.338 e. The molecule has 0 bridgehead atoms. The number of amides is 1. The van der Waals surface area contributed by atoms with Crippen LogP contribution < -0.4 is 5.73 Å². The summed E-state index contributed by atoms with van der Waals surface area (Å²) in [5.74, 6) is 0.852. The van der Waals surface area contributed by atoms with E-state index in [0.29, 0.717) is 32.5 Å². The summed E-state index contributed by atoms with van der Waals surface area (Å²) in [5.41, 5.74) is 6.69. The number of nitrogens with two attached hydrogens (primary N) is 1. The SMILES string of the molecule is Cl.Cl.NCCCN(Cc1ccccc1)C(=O)CCc1ncn[nH]1. The number of rotatable bonds is 8. The standard InChI is InChI=1S/C15H21N5O.2ClH/c16-9-4-10-20(11-13-5-2-1-3-6-13)15(21)8-7-14-17-12-18-19-14;;/h1-3,5-6,12H,4,7-11,16H2,(H,17,18,19);2*1H. The highest BCUT2D eigenvalue weighted by Gasteiger charge is 2.14. The highest BCUT2D eigenvalue weighted by molar-refractivity contribution is 5.85. The number of hydrogen-bond donors (Lipinski definition) is 2. The van der Waals surface area contributed by atoms with Gasteiger partial charge in [-0.05, 0) is 18.5 Å². The molecule has 0 radical (unpaired) electrons. The molecule has 8 heteroatoms. The molecule has 0 fully saturated rings. The van der Waals surface area contributed by atoms with Crippen molar-refractivity contribution in [3.05, 3.63) is 48.0 Å². The van der Waals surface area contributed by atoms with E-state index in [0.717, 1.165) is 17.8 Å². The third kappa shape index (κ3) is 7.45. The quantitative estimate of drug-likeness (QED) is 0.753. The highest BCUT2D eigenvalue weighted by atomic mass is 35.5. The maximum atomic E-state index is 12.4. The van der Waals surface area contributed by atoms with Gasteiger partial charge in [0.2, 0.25) is 5.91 Å². The van der Waals surface area contributed by atoms with Crippen LogP contribution >= 0.6 is 24.8 Å². The van der Waals surface area contributed by atoms with Gasteiger partial charge in [0.05, 0.1) is 0 Å². The first-order chi connectivity index (χ1) is 10.3. The van der Waals surface area contributed by atoms with Crippen molar-refractivity contribution in [3.63, 3.8) is 0 Å². The molecule has 0 atom stereocenters. The third-order valence-electron chi connectivity index (χ3n) is 3.24. The van der Waals surface area contributed by atoms with Gasteiger partial charge in [0.1, 0.15) is 12.2 Å². The molecule has 2 rings (SSSR count). The smallest absolute Gasteiger partial charge is 0.223 e. The fraction of sp³-hybridized carbons (Fsp3) is 0.400. The Hall–Kier alpha value is -1.63. The van der Waals surface area contributed by atoms with Crippen molar-refractivity contribution in [1.82, 2.24) is 20.1 Å². The number of aryl methyl sites for hydroxylation is 1. The first kappa shape index (κ1) is 21.4. The van der Waals surface area contributed by atoms with Crippen molar-refractivity contribution in [2.45, 2.75) is 25.8 Å².